The molecule has 1 aliphatic heterocycles. The number of benzene rings is 1. The number of nitrogens with zero attached hydrogens (tertiary/aromatic N) is 1. The summed E-state index contributed by atoms with van der Waals surface area (Å²) in [7, 11) is 0. The molecule has 0 unspecified atom stereocenters. The van der Waals surface area contributed by atoms with Gasteiger partial charge in [-0.1, -0.05) is 23.7 Å². The Morgan fingerprint density at radius 1 is 1.37 bits per heavy atom. The van der Waals surface area contributed by atoms with Crippen LogP contribution in [0, 0.1) is 0 Å². The van der Waals surface area contributed by atoms with Gasteiger partial charge in [0.05, 0.1) is 10.6 Å². The van der Waals surface area contributed by atoms with Crippen molar-refractivity contribution < 1.29 is 19.1 Å². The Morgan fingerprint density at radius 2 is 2.11 bits per heavy atom. The highest BCUT2D eigenvalue weighted by Gasteiger charge is 2.27. The molecule has 1 aromatic rings. The number of nitrogens with one attached hydrogen (secondary N) is 1. The van der Waals surface area contributed by atoms with Gasteiger partial charge in [0.2, 0.25) is 0 Å². The second-order valence-corrected chi connectivity index (χ2v) is 4.24. The molecule has 2 rings (SSSR count). The number of urea groups is 1. The molecule has 0 atom stereocenters. The van der Waals surface area contributed by atoms with Crippen LogP contribution in [0.15, 0.2) is 24.3 Å². The SMILES string of the molecule is O=C(OCC(=O)N1CCNC1=O)c1ccccc1Cl. The lowest BCUT2D eigenvalue weighted by Crippen LogP contribution is -2.37. The van der Waals surface area contributed by atoms with E-state index in [-0.39, 0.29) is 17.1 Å². The molecule has 100 valence electrons. The zero-order valence-corrected chi connectivity index (χ0v) is 10.6. The predicted molar refractivity (Wildman–Crippen MR) is 66.8 cm³/mol. The third-order valence-electron chi connectivity index (χ3n) is 2.58. The van der Waals surface area contributed by atoms with Gasteiger partial charge in [-0.15, -0.1) is 0 Å². The molecule has 0 bridgehead atoms. The molecule has 1 saturated heterocycles. The minimum atomic E-state index is -0.696. The summed E-state index contributed by atoms with van der Waals surface area (Å²) in [6.07, 6.45) is 0. The van der Waals surface area contributed by atoms with Crippen molar-refractivity contribution in [1.82, 2.24) is 10.2 Å². The lowest BCUT2D eigenvalue weighted by molar-refractivity contribution is -0.130. The molecule has 6 nitrogen and oxygen atoms in total. The molecule has 0 aliphatic carbocycles. The highest BCUT2D eigenvalue weighted by Crippen LogP contribution is 2.15. The van der Waals surface area contributed by atoms with Gasteiger partial charge in [0.1, 0.15) is 0 Å². The van der Waals surface area contributed by atoms with E-state index in [1.165, 1.54) is 6.07 Å². The third-order valence-corrected chi connectivity index (χ3v) is 2.91. The summed E-state index contributed by atoms with van der Waals surface area (Å²) in [6, 6.07) is 5.89. The topological polar surface area (TPSA) is 75.7 Å². The van der Waals surface area contributed by atoms with Crippen LogP contribution in [0.5, 0.6) is 0 Å². The summed E-state index contributed by atoms with van der Waals surface area (Å²) >= 11 is 5.82. The van der Waals surface area contributed by atoms with Crippen LogP contribution in [-0.2, 0) is 9.53 Å². The van der Waals surface area contributed by atoms with E-state index < -0.39 is 24.5 Å². The van der Waals surface area contributed by atoms with Crippen LogP contribution >= 0.6 is 11.6 Å². The van der Waals surface area contributed by atoms with Crippen molar-refractivity contribution >= 4 is 29.5 Å². The maximum atomic E-state index is 11.7. The Bertz CT molecular complexity index is 532. The zero-order chi connectivity index (χ0) is 13.8. The molecule has 19 heavy (non-hydrogen) atoms. The van der Waals surface area contributed by atoms with Crippen LogP contribution in [0.3, 0.4) is 0 Å². The number of hydrogen-bond acceptors (Lipinski definition) is 4. The van der Waals surface area contributed by atoms with Crippen LogP contribution in [0.1, 0.15) is 10.4 Å². The van der Waals surface area contributed by atoms with E-state index in [2.05, 4.69) is 5.32 Å². The maximum absolute atomic E-state index is 11.7. The van der Waals surface area contributed by atoms with Gasteiger partial charge in [0.25, 0.3) is 5.91 Å². The molecule has 1 heterocycles. The van der Waals surface area contributed by atoms with Crippen molar-refractivity contribution in [2.45, 2.75) is 0 Å². The zero-order valence-electron chi connectivity index (χ0n) is 9.89. The van der Waals surface area contributed by atoms with E-state index in [1.54, 1.807) is 18.2 Å². The normalized spacial score (nSPS) is 14.2. The minimum absolute atomic E-state index is 0.183. The summed E-state index contributed by atoms with van der Waals surface area (Å²) in [5.74, 6) is -1.26. The van der Waals surface area contributed by atoms with Gasteiger partial charge < -0.3 is 10.1 Å². The fourth-order valence-corrected chi connectivity index (χ4v) is 1.83. The molecule has 0 spiro atoms. The number of esters is 1. The average molecular weight is 283 g/mol. The van der Waals surface area contributed by atoms with E-state index in [0.717, 1.165) is 4.90 Å². The molecule has 1 aliphatic rings. The Morgan fingerprint density at radius 3 is 2.74 bits per heavy atom. The Balaban J connectivity index is 1.92. The molecule has 7 heteroatoms. The lowest BCUT2D eigenvalue weighted by Gasteiger charge is -2.12. The van der Waals surface area contributed by atoms with E-state index in [1.807, 2.05) is 0 Å². The van der Waals surface area contributed by atoms with Crippen molar-refractivity contribution in [3.8, 4) is 0 Å². The maximum Gasteiger partial charge on any atom is 0.340 e. The quantitative estimate of drug-likeness (QED) is 0.841. The predicted octanol–water partition coefficient (Wildman–Crippen LogP) is 1.05. The molecule has 1 fully saturated rings. The highest BCUT2D eigenvalue weighted by atomic mass is 35.5. The van der Waals surface area contributed by atoms with Crippen molar-refractivity contribution in [1.29, 1.82) is 0 Å². The second-order valence-electron chi connectivity index (χ2n) is 3.83. The summed E-state index contributed by atoms with van der Waals surface area (Å²) in [5, 5.41) is 2.73. The lowest BCUT2D eigenvalue weighted by atomic mass is 10.2. The van der Waals surface area contributed by atoms with Crippen LogP contribution in [0.2, 0.25) is 5.02 Å². The van der Waals surface area contributed by atoms with Crippen LogP contribution in [-0.4, -0.2) is 42.5 Å². The van der Waals surface area contributed by atoms with Crippen molar-refractivity contribution in [3.63, 3.8) is 0 Å². The van der Waals surface area contributed by atoms with Gasteiger partial charge in [-0.05, 0) is 12.1 Å². The summed E-state index contributed by atoms with van der Waals surface area (Å²) in [6.45, 7) is 0.196. The largest absolute Gasteiger partial charge is 0.452 e. The third kappa shape index (κ3) is 3.03. The first-order valence-electron chi connectivity index (χ1n) is 5.59. The first-order chi connectivity index (χ1) is 9.09. The van der Waals surface area contributed by atoms with Crippen LogP contribution < -0.4 is 5.32 Å². The number of hydrogen-bond donors (Lipinski definition) is 1. The molecule has 0 saturated carbocycles. The van der Waals surface area contributed by atoms with Gasteiger partial charge in [-0.3, -0.25) is 9.69 Å². The summed E-state index contributed by atoms with van der Waals surface area (Å²) < 4.78 is 4.84. The van der Waals surface area contributed by atoms with Crippen molar-refractivity contribution in [2.75, 3.05) is 19.7 Å². The number of carbonyl (C=O) groups excluding carboxylic acids is 3. The number of amides is 3. The molecular formula is C12H11ClN2O4. The van der Waals surface area contributed by atoms with Gasteiger partial charge >= 0.3 is 12.0 Å². The average Bonchev–Trinajstić information content (AvgIpc) is 2.82. The Labute approximate surface area is 114 Å². The van der Waals surface area contributed by atoms with Gasteiger partial charge in [0, 0.05) is 13.1 Å². The number of imide groups is 1. The van der Waals surface area contributed by atoms with Gasteiger partial charge in [-0.2, -0.15) is 0 Å². The highest BCUT2D eigenvalue weighted by molar-refractivity contribution is 6.33. The van der Waals surface area contributed by atoms with E-state index in [0.29, 0.717) is 6.54 Å². The Kier molecular flexibility index (Phi) is 4.01. The molecule has 0 aromatic heterocycles. The number of ether oxygens (including phenoxy) is 1. The summed E-state index contributed by atoms with van der Waals surface area (Å²) in [5.41, 5.74) is 0.183. The van der Waals surface area contributed by atoms with Gasteiger partial charge in [0.15, 0.2) is 6.61 Å². The first kappa shape index (κ1) is 13.4. The van der Waals surface area contributed by atoms with Crippen molar-refractivity contribution in [3.05, 3.63) is 34.9 Å². The monoisotopic (exact) mass is 282 g/mol. The molecule has 0 radical (unpaired) electrons. The fourth-order valence-electron chi connectivity index (χ4n) is 1.62. The van der Waals surface area contributed by atoms with Crippen LogP contribution in [0.4, 0.5) is 4.79 Å². The van der Waals surface area contributed by atoms with E-state index in [4.69, 9.17) is 16.3 Å². The second kappa shape index (κ2) is 5.71. The standard InChI is InChI=1S/C12H11ClN2O4/c13-9-4-2-1-3-8(9)11(17)19-7-10(16)15-6-5-14-12(15)18/h1-4H,5-7H2,(H,14,18). The number of halogens is 1. The number of rotatable bonds is 3. The minimum Gasteiger partial charge on any atom is -0.452 e. The first-order valence-corrected chi connectivity index (χ1v) is 5.97. The Hall–Kier alpha value is -2.08. The van der Waals surface area contributed by atoms with Gasteiger partial charge in [-0.25, -0.2) is 9.59 Å². The number of carbonyl (C=O) groups is 3. The van der Waals surface area contributed by atoms with Crippen LogP contribution in [0.25, 0.3) is 0 Å². The molecule has 3 amide bonds. The summed E-state index contributed by atoms with van der Waals surface area (Å²) in [4.78, 5) is 35.5. The fraction of sp³-hybridized carbons (Fsp3) is 0.250. The smallest absolute Gasteiger partial charge is 0.340 e. The molecule has 1 N–H and O–H groups in total. The molecule has 1 aromatic carbocycles. The van der Waals surface area contributed by atoms with Crippen molar-refractivity contribution in [2.24, 2.45) is 0 Å². The molecular weight excluding hydrogens is 272 g/mol. The van der Waals surface area contributed by atoms with E-state index in [9.17, 15) is 14.4 Å². The van der Waals surface area contributed by atoms with E-state index >= 15 is 0 Å².